The van der Waals surface area contributed by atoms with E-state index in [0.717, 1.165) is 0 Å². The number of para-hydroxylation sites is 1. The highest BCUT2D eigenvalue weighted by Gasteiger charge is 2.27. The lowest BCUT2D eigenvalue weighted by molar-refractivity contribution is -0.0503. The molecule has 0 aromatic heterocycles. The van der Waals surface area contributed by atoms with Crippen LogP contribution in [0.4, 0.5) is 8.78 Å². The number of halogens is 2. The van der Waals surface area contributed by atoms with Crippen LogP contribution in [0.25, 0.3) is 0 Å². The van der Waals surface area contributed by atoms with Crippen molar-refractivity contribution < 1.29 is 23.1 Å². The number of hydrogen-bond donors (Lipinski definition) is 0. The van der Waals surface area contributed by atoms with E-state index in [1.165, 1.54) is 18.2 Å². The van der Waals surface area contributed by atoms with E-state index in [-0.39, 0.29) is 23.1 Å². The largest absolute Gasteiger partial charge is 0.434 e. The number of hydrogen-bond acceptors (Lipinski definition) is 3. The maximum absolute atomic E-state index is 12.6. The molecule has 0 bridgehead atoms. The number of rotatable bonds is 4. The van der Waals surface area contributed by atoms with Gasteiger partial charge in [-0.2, -0.15) is 8.78 Å². The summed E-state index contributed by atoms with van der Waals surface area (Å²) in [5.74, 6) is -0.609. The smallest absolute Gasteiger partial charge is 0.387 e. The summed E-state index contributed by atoms with van der Waals surface area (Å²) in [6, 6.07) is 14.9. The minimum Gasteiger partial charge on any atom is -0.434 e. The lowest BCUT2D eigenvalue weighted by atomic mass is 10.1. The fourth-order valence-electron chi connectivity index (χ4n) is 2.89. The molecular formula is C19H18F2N2O3. The minimum atomic E-state index is -3.00. The van der Waals surface area contributed by atoms with Gasteiger partial charge in [0.15, 0.2) is 0 Å². The van der Waals surface area contributed by atoms with Gasteiger partial charge in [-0.25, -0.2) is 0 Å². The summed E-state index contributed by atoms with van der Waals surface area (Å²) in [5, 5.41) is 0. The predicted molar refractivity (Wildman–Crippen MR) is 91.3 cm³/mol. The molecule has 5 nitrogen and oxygen atoms in total. The first-order valence-electron chi connectivity index (χ1n) is 8.23. The second-order valence-corrected chi connectivity index (χ2v) is 5.83. The molecule has 0 aliphatic carbocycles. The van der Waals surface area contributed by atoms with Crippen LogP contribution >= 0.6 is 0 Å². The zero-order valence-corrected chi connectivity index (χ0v) is 14.0. The summed E-state index contributed by atoms with van der Waals surface area (Å²) in [6.07, 6.45) is 0. The molecule has 0 saturated carbocycles. The summed E-state index contributed by atoms with van der Waals surface area (Å²) in [5.41, 5.74) is 0.693. The standard InChI is InChI=1S/C19H18F2N2O3/c20-19(21)26-16-9-5-4-8-15(16)18(25)23-12-10-22(11-13-23)17(24)14-6-2-1-3-7-14/h1-9,19H,10-13H2. The Morgan fingerprint density at radius 3 is 1.96 bits per heavy atom. The average molecular weight is 360 g/mol. The van der Waals surface area contributed by atoms with Gasteiger partial charge in [0, 0.05) is 31.7 Å². The molecule has 1 aliphatic rings. The maximum Gasteiger partial charge on any atom is 0.387 e. The lowest BCUT2D eigenvalue weighted by Gasteiger charge is -2.35. The predicted octanol–water partition coefficient (Wildman–Crippen LogP) is 2.89. The molecule has 0 atom stereocenters. The van der Waals surface area contributed by atoms with E-state index in [9.17, 15) is 18.4 Å². The number of ether oxygens (including phenoxy) is 1. The molecular weight excluding hydrogens is 342 g/mol. The van der Waals surface area contributed by atoms with E-state index in [0.29, 0.717) is 31.7 Å². The molecule has 2 aromatic carbocycles. The van der Waals surface area contributed by atoms with Crippen LogP contribution in [-0.4, -0.2) is 54.4 Å². The average Bonchev–Trinajstić information content (AvgIpc) is 2.68. The molecule has 1 saturated heterocycles. The number of piperazine rings is 1. The van der Waals surface area contributed by atoms with Crippen LogP contribution in [0.3, 0.4) is 0 Å². The number of carbonyl (C=O) groups is 2. The second kappa shape index (κ2) is 7.95. The second-order valence-electron chi connectivity index (χ2n) is 5.83. The summed E-state index contributed by atoms with van der Waals surface area (Å²) < 4.78 is 29.5. The third kappa shape index (κ3) is 3.99. The van der Waals surface area contributed by atoms with Crippen LogP contribution in [0.1, 0.15) is 20.7 Å². The number of amides is 2. The number of carbonyl (C=O) groups excluding carboxylic acids is 2. The van der Waals surface area contributed by atoms with Gasteiger partial charge < -0.3 is 14.5 Å². The van der Waals surface area contributed by atoms with E-state index < -0.39 is 6.61 Å². The molecule has 1 heterocycles. The number of alkyl halides is 2. The Morgan fingerprint density at radius 1 is 0.808 bits per heavy atom. The summed E-state index contributed by atoms with van der Waals surface area (Å²) in [7, 11) is 0. The highest BCUT2D eigenvalue weighted by molar-refractivity contribution is 5.97. The van der Waals surface area contributed by atoms with Crippen molar-refractivity contribution >= 4 is 11.8 Å². The van der Waals surface area contributed by atoms with Gasteiger partial charge in [0.05, 0.1) is 5.56 Å². The highest BCUT2D eigenvalue weighted by Crippen LogP contribution is 2.22. The molecule has 0 radical (unpaired) electrons. The Kier molecular flexibility index (Phi) is 5.46. The van der Waals surface area contributed by atoms with Gasteiger partial charge in [0.25, 0.3) is 11.8 Å². The van der Waals surface area contributed by atoms with Gasteiger partial charge in [-0.1, -0.05) is 30.3 Å². The number of nitrogens with zero attached hydrogens (tertiary/aromatic N) is 2. The van der Waals surface area contributed by atoms with Crippen LogP contribution in [0.15, 0.2) is 54.6 Å². The molecule has 2 aromatic rings. The fraction of sp³-hybridized carbons (Fsp3) is 0.263. The van der Waals surface area contributed by atoms with E-state index in [1.807, 2.05) is 6.07 Å². The SMILES string of the molecule is O=C(c1ccccc1)N1CCN(C(=O)c2ccccc2OC(F)F)CC1. The van der Waals surface area contributed by atoms with Crippen molar-refractivity contribution in [2.75, 3.05) is 26.2 Å². The molecule has 3 rings (SSSR count). The van der Waals surface area contributed by atoms with E-state index >= 15 is 0 Å². The van der Waals surface area contributed by atoms with Crippen LogP contribution in [0, 0.1) is 0 Å². The summed E-state index contributed by atoms with van der Waals surface area (Å²) in [4.78, 5) is 28.3. The van der Waals surface area contributed by atoms with Crippen molar-refractivity contribution in [3.63, 3.8) is 0 Å². The van der Waals surface area contributed by atoms with Crippen LogP contribution in [-0.2, 0) is 0 Å². The zero-order chi connectivity index (χ0) is 18.5. The molecule has 26 heavy (non-hydrogen) atoms. The molecule has 0 unspecified atom stereocenters. The van der Waals surface area contributed by atoms with E-state index in [1.54, 1.807) is 40.1 Å². The molecule has 1 fully saturated rings. The topological polar surface area (TPSA) is 49.9 Å². The van der Waals surface area contributed by atoms with E-state index in [2.05, 4.69) is 4.74 Å². The first-order chi connectivity index (χ1) is 12.6. The molecule has 1 aliphatic heterocycles. The molecule has 0 spiro atoms. The van der Waals surface area contributed by atoms with Crippen LogP contribution in [0.5, 0.6) is 5.75 Å². The van der Waals surface area contributed by atoms with Crippen molar-refractivity contribution in [3.05, 3.63) is 65.7 Å². The van der Waals surface area contributed by atoms with Crippen LogP contribution < -0.4 is 4.74 Å². The Hall–Kier alpha value is -2.96. The Morgan fingerprint density at radius 2 is 1.35 bits per heavy atom. The Balaban J connectivity index is 1.65. The molecule has 0 N–H and O–H groups in total. The Bertz CT molecular complexity index is 775. The quantitative estimate of drug-likeness (QED) is 0.842. The fourth-order valence-corrected chi connectivity index (χ4v) is 2.89. The third-order valence-electron chi connectivity index (χ3n) is 4.21. The Labute approximate surface area is 149 Å². The molecule has 7 heteroatoms. The van der Waals surface area contributed by atoms with Gasteiger partial charge in [-0.15, -0.1) is 0 Å². The van der Waals surface area contributed by atoms with Crippen molar-refractivity contribution in [2.24, 2.45) is 0 Å². The minimum absolute atomic E-state index is 0.0841. The molecule has 136 valence electrons. The van der Waals surface area contributed by atoms with Gasteiger partial charge >= 0.3 is 6.61 Å². The monoisotopic (exact) mass is 360 g/mol. The lowest BCUT2D eigenvalue weighted by Crippen LogP contribution is -2.50. The number of benzene rings is 2. The van der Waals surface area contributed by atoms with Crippen molar-refractivity contribution in [3.8, 4) is 5.75 Å². The highest BCUT2D eigenvalue weighted by atomic mass is 19.3. The van der Waals surface area contributed by atoms with Crippen molar-refractivity contribution in [2.45, 2.75) is 6.61 Å². The zero-order valence-electron chi connectivity index (χ0n) is 14.0. The van der Waals surface area contributed by atoms with Gasteiger partial charge in [-0.05, 0) is 24.3 Å². The summed E-state index contributed by atoms with van der Waals surface area (Å²) >= 11 is 0. The first-order valence-corrected chi connectivity index (χ1v) is 8.23. The molecule has 2 amide bonds. The van der Waals surface area contributed by atoms with Gasteiger partial charge in [-0.3, -0.25) is 9.59 Å². The van der Waals surface area contributed by atoms with Gasteiger partial charge in [0.1, 0.15) is 5.75 Å². The third-order valence-corrected chi connectivity index (χ3v) is 4.21. The normalized spacial score (nSPS) is 14.4. The van der Waals surface area contributed by atoms with E-state index in [4.69, 9.17) is 0 Å². The van der Waals surface area contributed by atoms with Crippen LogP contribution in [0.2, 0.25) is 0 Å². The van der Waals surface area contributed by atoms with Crippen molar-refractivity contribution in [1.82, 2.24) is 9.80 Å². The first kappa shape index (κ1) is 17.8. The summed E-state index contributed by atoms with van der Waals surface area (Å²) in [6.45, 7) is -1.56. The van der Waals surface area contributed by atoms with Gasteiger partial charge in [0.2, 0.25) is 0 Å². The van der Waals surface area contributed by atoms with Crippen molar-refractivity contribution in [1.29, 1.82) is 0 Å². The maximum atomic E-state index is 12.6.